The van der Waals surface area contributed by atoms with E-state index in [2.05, 4.69) is 113 Å². The standard InChI is InChI=1S/C38H40N4O/c1-3-22-19-40-15-13-25-24-9-5-7-11-30(24)39-35(25)32(40)17-26(22)28-21-42-31-12-8-6-10-29(31)38-14-16-41-20-23(4-2)27(18-33(38)41)34(36(28)43)37(38)42/h3-13,15,21,26-27,32-34,36-37,39,43H,14,16-20H2,1-2H3/b22-3-,23-4-/t26-,27-,32?,33-,34-,36+,37-,38+/m0/s1. The Kier molecular flexibility index (Phi) is 4.94. The number of aromatic amines is 1. The molecule has 43 heavy (non-hydrogen) atoms. The lowest BCUT2D eigenvalue weighted by Crippen LogP contribution is -2.67. The smallest absolute Gasteiger partial charge is 0.0827 e. The Bertz CT molecular complexity index is 1810. The summed E-state index contributed by atoms with van der Waals surface area (Å²) in [5, 5.41) is 14.0. The van der Waals surface area contributed by atoms with Gasteiger partial charge in [-0.25, -0.2) is 0 Å². The highest BCUT2D eigenvalue weighted by Gasteiger charge is 2.69. The maximum absolute atomic E-state index is 12.7. The van der Waals surface area contributed by atoms with E-state index in [1.54, 1.807) is 5.57 Å². The molecule has 2 N–H and O–H groups in total. The van der Waals surface area contributed by atoms with Crippen LogP contribution in [0.5, 0.6) is 0 Å². The zero-order valence-corrected chi connectivity index (χ0v) is 25.1. The number of benzene rings is 2. The number of hydrogen-bond acceptors (Lipinski definition) is 4. The minimum absolute atomic E-state index is 0.111. The lowest BCUT2D eigenvalue weighted by molar-refractivity contribution is -0.0142. The van der Waals surface area contributed by atoms with Crippen molar-refractivity contribution in [2.75, 3.05) is 24.5 Å². The molecule has 8 atom stereocenters. The van der Waals surface area contributed by atoms with Gasteiger partial charge in [-0.15, -0.1) is 0 Å². The van der Waals surface area contributed by atoms with Crippen LogP contribution in [0.25, 0.3) is 17.0 Å². The summed E-state index contributed by atoms with van der Waals surface area (Å²) in [6.45, 7) is 7.55. The van der Waals surface area contributed by atoms with Gasteiger partial charge in [-0.1, -0.05) is 54.1 Å². The molecule has 7 heterocycles. The van der Waals surface area contributed by atoms with Crippen LogP contribution in [0.15, 0.2) is 89.8 Å². The lowest BCUT2D eigenvalue weighted by atomic mass is 9.53. The van der Waals surface area contributed by atoms with E-state index in [9.17, 15) is 5.11 Å². The van der Waals surface area contributed by atoms with Gasteiger partial charge in [-0.2, -0.15) is 0 Å². The SMILES string of the molecule is C/C=C1/CN2C=Cc3c([nH]c4ccccc34)C2C[C@@H]1C1=CN2c3ccccc3[C@]34CCN5C/C(=C/C)[C@H](C[C@H]53)[C@@H]([C@@H]1O)[C@H]24. The Morgan fingerprint density at radius 2 is 1.81 bits per heavy atom. The number of aromatic nitrogens is 1. The molecule has 10 rings (SSSR count). The van der Waals surface area contributed by atoms with Crippen molar-refractivity contribution in [3.05, 3.63) is 107 Å². The van der Waals surface area contributed by atoms with Crippen LogP contribution < -0.4 is 4.90 Å². The van der Waals surface area contributed by atoms with Gasteiger partial charge in [0.1, 0.15) is 0 Å². The number of hydrogen-bond donors (Lipinski definition) is 2. The predicted octanol–water partition coefficient (Wildman–Crippen LogP) is 6.52. The van der Waals surface area contributed by atoms with Gasteiger partial charge in [0.15, 0.2) is 0 Å². The fourth-order valence-electron chi connectivity index (χ4n) is 11.2. The maximum atomic E-state index is 12.7. The van der Waals surface area contributed by atoms with Crippen molar-refractivity contribution < 1.29 is 5.11 Å². The van der Waals surface area contributed by atoms with E-state index in [1.807, 2.05) is 0 Å². The third-order valence-corrected chi connectivity index (χ3v) is 12.9. The second kappa shape index (κ2) is 8.55. The molecular formula is C38H40N4O. The highest BCUT2D eigenvalue weighted by atomic mass is 16.3. The van der Waals surface area contributed by atoms with E-state index in [4.69, 9.17) is 0 Å². The minimum atomic E-state index is -0.437. The zero-order chi connectivity index (χ0) is 28.6. The van der Waals surface area contributed by atoms with Gasteiger partial charge in [-0.3, -0.25) is 4.90 Å². The van der Waals surface area contributed by atoms with E-state index in [-0.39, 0.29) is 23.3 Å². The molecule has 6 aliphatic heterocycles. The second-order valence-electron chi connectivity index (χ2n) is 14.2. The Morgan fingerprint density at radius 3 is 2.70 bits per heavy atom. The molecular weight excluding hydrogens is 528 g/mol. The molecule has 1 aliphatic carbocycles. The number of fused-ring (bicyclic) bond motifs is 9. The molecule has 0 radical (unpaired) electrons. The average molecular weight is 569 g/mol. The van der Waals surface area contributed by atoms with Crippen LogP contribution in [0, 0.1) is 17.8 Å². The Balaban J connectivity index is 1.13. The van der Waals surface area contributed by atoms with Crippen molar-refractivity contribution in [3.8, 4) is 0 Å². The Hall–Kier alpha value is -3.54. The highest BCUT2D eigenvalue weighted by molar-refractivity contribution is 5.91. The Labute approximate surface area is 253 Å². The van der Waals surface area contributed by atoms with E-state index in [1.165, 1.54) is 57.4 Å². The Morgan fingerprint density at radius 1 is 0.977 bits per heavy atom. The maximum Gasteiger partial charge on any atom is 0.0827 e. The number of rotatable bonds is 1. The summed E-state index contributed by atoms with van der Waals surface area (Å²) < 4.78 is 0. The number of aliphatic hydroxyl groups excluding tert-OH is 1. The van der Waals surface area contributed by atoms with Gasteiger partial charge >= 0.3 is 0 Å². The normalized spacial score (nSPS) is 38.8. The summed E-state index contributed by atoms with van der Waals surface area (Å²) >= 11 is 0. The molecule has 0 amide bonds. The molecule has 5 heteroatoms. The van der Waals surface area contributed by atoms with Crippen LogP contribution in [0.4, 0.5) is 5.69 Å². The molecule has 2 aromatic carbocycles. The molecule has 1 saturated carbocycles. The molecule has 1 aromatic heterocycles. The number of piperidine rings is 2. The molecule has 2 bridgehead atoms. The third kappa shape index (κ3) is 2.96. The summed E-state index contributed by atoms with van der Waals surface area (Å²) in [6.07, 6.45) is 14.7. The molecule has 5 nitrogen and oxygen atoms in total. The largest absolute Gasteiger partial charge is 0.388 e. The van der Waals surface area contributed by atoms with Gasteiger partial charge in [-0.05, 0) is 80.5 Å². The van der Waals surface area contributed by atoms with Gasteiger partial charge < -0.3 is 19.9 Å². The number of H-pyrrole nitrogens is 1. The lowest BCUT2D eigenvalue weighted by Gasteiger charge is -2.59. The summed E-state index contributed by atoms with van der Waals surface area (Å²) in [5.74, 6) is 0.860. The quantitative estimate of drug-likeness (QED) is 0.328. The van der Waals surface area contributed by atoms with Crippen LogP contribution in [0.3, 0.4) is 0 Å². The number of aliphatic hydroxyl groups is 1. The summed E-state index contributed by atoms with van der Waals surface area (Å²) in [7, 11) is 0. The van der Waals surface area contributed by atoms with Crippen molar-refractivity contribution in [1.82, 2.24) is 14.8 Å². The fourth-order valence-corrected chi connectivity index (χ4v) is 11.2. The zero-order valence-electron chi connectivity index (χ0n) is 25.1. The predicted molar refractivity (Wildman–Crippen MR) is 172 cm³/mol. The topological polar surface area (TPSA) is 45.7 Å². The van der Waals surface area contributed by atoms with Crippen molar-refractivity contribution in [3.63, 3.8) is 0 Å². The van der Waals surface area contributed by atoms with Gasteiger partial charge in [0.25, 0.3) is 0 Å². The fraction of sp³-hybridized carbons (Fsp3) is 0.421. The first-order valence-electron chi connectivity index (χ1n) is 16.5. The molecule has 218 valence electrons. The van der Waals surface area contributed by atoms with Gasteiger partial charge in [0.05, 0.1) is 18.2 Å². The van der Waals surface area contributed by atoms with Crippen LogP contribution in [0.1, 0.15) is 56.0 Å². The van der Waals surface area contributed by atoms with E-state index >= 15 is 0 Å². The third-order valence-electron chi connectivity index (χ3n) is 12.9. The van der Waals surface area contributed by atoms with Gasteiger partial charge in [0, 0.05) is 76.6 Å². The first-order chi connectivity index (χ1) is 21.1. The van der Waals surface area contributed by atoms with E-state index in [0.717, 1.165) is 26.1 Å². The number of para-hydroxylation sites is 2. The molecule has 4 fully saturated rings. The van der Waals surface area contributed by atoms with Crippen LogP contribution in [-0.4, -0.2) is 57.7 Å². The van der Waals surface area contributed by atoms with Crippen molar-refractivity contribution >= 4 is 22.7 Å². The summed E-state index contributed by atoms with van der Waals surface area (Å²) in [6, 6.07) is 19.1. The number of anilines is 1. The van der Waals surface area contributed by atoms with E-state index < -0.39 is 6.10 Å². The molecule has 3 aromatic rings. The van der Waals surface area contributed by atoms with Crippen molar-refractivity contribution in [2.45, 2.75) is 62.8 Å². The number of allylic oxidation sites excluding steroid dienone is 2. The molecule has 7 aliphatic rings. The first kappa shape index (κ1) is 24.9. The number of nitrogens with one attached hydrogen (secondary N) is 1. The monoisotopic (exact) mass is 568 g/mol. The second-order valence-corrected chi connectivity index (χ2v) is 14.2. The first-order valence-corrected chi connectivity index (χ1v) is 16.5. The highest BCUT2D eigenvalue weighted by Crippen LogP contribution is 2.66. The molecule has 1 unspecified atom stereocenters. The average Bonchev–Trinajstić information content (AvgIpc) is 3.72. The van der Waals surface area contributed by atoms with Crippen LogP contribution in [0.2, 0.25) is 0 Å². The minimum Gasteiger partial charge on any atom is -0.388 e. The van der Waals surface area contributed by atoms with Gasteiger partial charge in [0.2, 0.25) is 0 Å². The van der Waals surface area contributed by atoms with Crippen molar-refractivity contribution in [1.29, 1.82) is 0 Å². The molecule has 1 spiro atoms. The van der Waals surface area contributed by atoms with E-state index in [0.29, 0.717) is 18.0 Å². The molecule has 3 saturated heterocycles. The van der Waals surface area contributed by atoms with Crippen molar-refractivity contribution in [2.24, 2.45) is 17.8 Å². The van der Waals surface area contributed by atoms with Crippen LogP contribution in [-0.2, 0) is 5.41 Å². The number of nitrogens with zero attached hydrogens (tertiary/aromatic N) is 3. The van der Waals surface area contributed by atoms with Crippen LogP contribution >= 0.6 is 0 Å². The summed E-state index contributed by atoms with van der Waals surface area (Å²) in [4.78, 5) is 11.8. The summed E-state index contributed by atoms with van der Waals surface area (Å²) in [5.41, 5.74) is 11.1.